The lowest BCUT2D eigenvalue weighted by atomic mass is 9.79. The quantitative estimate of drug-likeness (QED) is 0.837. The molecule has 2 nitrogen and oxygen atoms in total. The van der Waals surface area contributed by atoms with Crippen molar-refractivity contribution in [1.82, 2.24) is 5.32 Å². The van der Waals surface area contributed by atoms with Crippen LogP contribution in [-0.2, 0) is 5.41 Å². The first-order valence-corrected chi connectivity index (χ1v) is 6.48. The van der Waals surface area contributed by atoms with Gasteiger partial charge in [-0.15, -0.1) is 0 Å². The molecule has 0 amide bonds. The standard InChI is InChI=1S/C15H24FNO/c1-6-17-11(2)10-15(3,4)12-8-7-9-13(18-5)14(12)16/h7-9,11,17H,6,10H2,1-5H3. The average molecular weight is 253 g/mol. The second-order valence-corrected chi connectivity index (χ2v) is 5.37. The van der Waals surface area contributed by atoms with Crippen molar-refractivity contribution in [2.45, 2.75) is 45.6 Å². The van der Waals surface area contributed by atoms with E-state index < -0.39 is 0 Å². The van der Waals surface area contributed by atoms with Crippen molar-refractivity contribution in [3.63, 3.8) is 0 Å². The molecule has 0 aliphatic rings. The number of rotatable bonds is 6. The predicted octanol–water partition coefficient (Wildman–Crippen LogP) is 3.50. The summed E-state index contributed by atoms with van der Waals surface area (Å²) in [5, 5.41) is 3.37. The van der Waals surface area contributed by atoms with Crippen molar-refractivity contribution in [2.24, 2.45) is 0 Å². The number of methoxy groups -OCH3 is 1. The number of hydrogen-bond acceptors (Lipinski definition) is 2. The van der Waals surface area contributed by atoms with Gasteiger partial charge in [0.05, 0.1) is 7.11 Å². The van der Waals surface area contributed by atoms with Crippen molar-refractivity contribution in [1.29, 1.82) is 0 Å². The lowest BCUT2D eigenvalue weighted by Gasteiger charge is -2.29. The summed E-state index contributed by atoms with van der Waals surface area (Å²) in [6, 6.07) is 5.70. The van der Waals surface area contributed by atoms with E-state index in [0.717, 1.165) is 13.0 Å². The third-order valence-electron chi connectivity index (χ3n) is 3.28. The molecule has 0 radical (unpaired) electrons. The van der Waals surface area contributed by atoms with Crippen LogP contribution in [0.25, 0.3) is 0 Å². The average Bonchev–Trinajstić information content (AvgIpc) is 2.28. The molecular formula is C15H24FNO. The van der Waals surface area contributed by atoms with E-state index in [4.69, 9.17) is 4.74 Å². The summed E-state index contributed by atoms with van der Waals surface area (Å²) < 4.78 is 19.3. The Balaban J connectivity index is 2.97. The Morgan fingerprint density at radius 1 is 1.39 bits per heavy atom. The molecule has 0 aliphatic heterocycles. The zero-order valence-corrected chi connectivity index (χ0v) is 12.0. The fraction of sp³-hybridized carbons (Fsp3) is 0.600. The Kier molecular flexibility index (Phi) is 5.15. The fourth-order valence-electron chi connectivity index (χ4n) is 2.49. The molecule has 0 spiro atoms. The number of benzene rings is 1. The van der Waals surface area contributed by atoms with E-state index in [9.17, 15) is 4.39 Å². The largest absolute Gasteiger partial charge is 0.494 e. The van der Waals surface area contributed by atoms with Crippen LogP contribution in [0.2, 0.25) is 0 Å². The smallest absolute Gasteiger partial charge is 0.168 e. The van der Waals surface area contributed by atoms with E-state index in [1.807, 2.05) is 12.1 Å². The topological polar surface area (TPSA) is 21.3 Å². The Hall–Kier alpha value is -1.09. The van der Waals surface area contributed by atoms with E-state index in [0.29, 0.717) is 17.4 Å². The molecule has 0 aliphatic carbocycles. The van der Waals surface area contributed by atoms with Crippen LogP contribution in [0, 0.1) is 5.82 Å². The summed E-state index contributed by atoms with van der Waals surface area (Å²) >= 11 is 0. The van der Waals surface area contributed by atoms with Crippen LogP contribution >= 0.6 is 0 Å². The van der Waals surface area contributed by atoms with Gasteiger partial charge in [-0.25, -0.2) is 4.39 Å². The third-order valence-corrected chi connectivity index (χ3v) is 3.28. The van der Waals surface area contributed by atoms with Crippen molar-refractivity contribution in [2.75, 3.05) is 13.7 Å². The molecule has 0 heterocycles. The van der Waals surface area contributed by atoms with Crippen LogP contribution in [0.1, 0.15) is 39.7 Å². The zero-order valence-electron chi connectivity index (χ0n) is 12.0. The first kappa shape index (κ1) is 15.0. The lowest BCUT2D eigenvalue weighted by molar-refractivity contribution is 0.356. The van der Waals surface area contributed by atoms with Gasteiger partial charge in [-0.05, 0) is 36.9 Å². The SMILES string of the molecule is CCNC(C)CC(C)(C)c1cccc(OC)c1F. The Bertz CT molecular complexity index is 390. The van der Waals surface area contributed by atoms with Crippen LogP contribution in [0.4, 0.5) is 4.39 Å². The summed E-state index contributed by atoms with van der Waals surface area (Å²) in [4.78, 5) is 0. The number of ether oxygens (including phenoxy) is 1. The minimum Gasteiger partial charge on any atom is -0.494 e. The highest BCUT2D eigenvalue weighted by Gasteiger charge is 2.27. The molecule has 0 saturated heterocycles. The molecule has 0 fully saturated rings. The number of halogens is 1. The Morgan fingerprint density at radius 2 is 2.06 bits per heavy atom. The van der Waals surface area contributed by atoms with Gasteiger partial charge in [0.25, 0.3) is 0 Å². The maximum absolute atomic E-state index is 14.3. The van der Waals surface area contributed by atoms with Gasteiger partial charge in [0.15, 0.2) is 11.6 Å². The highest BCUT2D eigenvalue weighted by Crippen LogP contribution is 2.33. The monoisotopic (exact) mass is 253 g/mol. The molecule has 3 heteroatoms. The zero-order chi connectivity index (χ0) is 13.8. The van der Waals surface area contributed by atoms with Crippen molar-refractivity contribution >= 4 is 0 Å². The van der Waals surface area contributed by atoms with E-state index in [2.05, 4.69) is 33.0 Å². The van der Waals surface area contributed by atoms with Crippen LogP contribution < -0.4 is 10.1 Å². The van der Waals surface area contributed by atoms with E-state index in [1.54, 1.807) is 6.07 Å². The van der Waals surface area contributed by atoms with Crippen molar-refractivity contribution in [3.8, 4) is 5.75 Å². The van der Waals surface area contributed by atoms with Gasteiger partial charge in [-0.3, -0.25) is 0 Å². The van der Waals surface area contributed by atoms with Crippen LogP contribution in [0.5, 0.6) is 5.75 Å². The Labute approximate surface area is 110 Å². The molecule has 1 atom stereocenters. The number of hydrogen-bond donors (Lipinski definition) is 1. The lowest BCUT2D eigenvalue weighted by Crippen LogP contribution is -2.33. The first-order valence-electron chi connectivity index (χ1n) is 6.48. The van der Waals surface area contributed by atoms with Gasteiger partial charge < -0.3 is 10.1 Å². The summed E-state index contributed by atoms with van der Waals surface area (Å²) in [7, 11) is 1.50. The molecule has 0 saturated carbocycles. The second-order valence-electron chi connectivity index (χ2n) is 5.37. The molecule has 102 valence electrons. The molecular weight excluding hydrogens is 229 g/mol. The normalized spacial score (nSPS) is 13.4. The summed E-state index contributed by atoms with van der Waals surface area (Å²) in [6.45, 7) is 9.27. The van der Waals surface area contributed by atoms with E-state index >= 15 is 0 Å². The van der Waals surface area contributed by atoms with Gasteiger partial charge >= 0.3 is 0 Å². The molecule has 1 N–H and O–H groups in total. The molecule has 1 aromatic rings. The molecule has 1 unspecified atom stereocenters. The third kappa shape index (κ3) is 3.45. The minimum atomic E-state index is -0.242. The van der Waals surface area contributed by atoms with Gasteiger partial charge in [-0.2, -0.15) is 0 Å². The second kappa shape index (κ2) is 6.19. The van der Waals surface area contributed by atoms with Crippen LogP contribution in [0.15, 0.2) is 18.2 Å². The van der Waals surface area contributed by atoms with E-state index in [1.165, 1.54) is 7.11 Å². The highest BCUT2D eigenvalue weighted by molar-refractivity contribution is 5.35. The molecule has 0 bridgehead atoms. The van der Waals surface area contributed by atoms with Gasteiger partial charge in [0.2, 0.25) is 0 Å². The van der Waals surface area contributed by atoms with Crippen molar-refractivity contribution in [3.05, 3.63) is 29.6 Å². The Morgan fingerprint density at radius 3 is 2.61 bits per heavy atom. The predicted molar refractivity (Wildman–Crippen MR) is 73.7 cm³/mol. The molecule has 1 rings (SSSR count). The minimum absolute atomic E-state index is 0.222. The molecule has 1 aromatic carbocycles. The van der Waals surface area contributed by atoms with Gasteiger partial charge in [0.1, 0.15) is 0 Å². The maximum atomic E-state index is 14.3. The molecule has 18 heavy (non-hydrogen) atoms. The summed E-state index contributed by atoms with van der Waals surface area (Å²) in [5.41, 5.74) is 0.492. The van der Waals surface area contributed by atoms with Gasteiger partial charge in [-0.1, -0.05) is 32.9 Å². The van der Waals surface area contributed by atoms with Gasteiger partial charge in [0, 0.05) is 6.04 Å². The van der Waals surface area contributed by atoms with Crippen LogP contribution in [-0.4, -0.2) is 19.7 Å². The van der Waals surface area contributed by atoms with Crippen molar-refractivity contribution < 1.29 is 9.13 Å². The first-order chi connectivity index (χ1) is 8.42. The molecule has 0 aromatic heterocycles. The summed E-state index contributed by atoms with van der Waals surface area (Å²) in [6.07, 6.45) is 0.880. The highest BCUT2D eigenvalue weighted by atomic mass is 19.1. The summed E-state index contributed by atoms with van der Waals surface area (Å²) in [5.74, 6) is 0.0744. The maximum Gasteiger partial charge on any atom is 0.168 e. The van der Waals surface area contributed by atoms with E-state index in [-0.39, 0.29) is 11.2 Å². The van der Waals surface area contributed by atoms with Crippen LogP contribution in [0.3, 0.4) is 0 Å². The fourth-order valence-corrected chi connectivity index (χ4v) is 2.49. The number of nitrogens with one attached hydrogen (secondary N) is 1.